The quantitative estimate of drug-likeness (QED) is 0.114. The number of benzene rings is 1. The minimum Gasteiger partial charge on any atom is -0.404 e. The summed E-state index contributed by atoms with van der Waals surface area (Å²) in [6.45, 7) is 10.2. The topological polar surface area (TPSA) is 244 Å². The number of nitrogens with one attached hydrogen (secondary N) is 3. The Morgan fingerprint density at radius 1 is 0.791 bits per heavy atom. The molecule has 5 amide bonds. The first-order valence-electron chi connectivity index (χ1n) is 13.9. The number of carbonyl (C=O) groups excluding carboxylic acids is 5. The Morgan fingerprint density at radius 2 is 1.30 bits per heavy atom. The zero-order valence-electron chi connectivity index (χ0n) is 25.5. The molecule has 0 saturated carbocycles. The lowest BCUT2D eigenvalue weighted by Gasteiger charge is -2.27. The molecule has 16 heteroatoms. The number of nitrogens with two attached hydrogens (primary N) is 3. The number of hydrogen-bond donors (Lipinski definition) is 6. The van der Waals surface area contributed by atoms with Gasteiger partial charge in [-0.2, -0.15) is 0 Å². The van der Waals surface area contributed by atoms with E-state index in [2.05, 4.69) is 16.0 Å². The van der Waals surface area contributed by atoms with Gasteiger partial charge in [-0.05, 0) is 49.8 Å². The van der Waals surface area contributed by atoms with Gasteiger partial charge in [-0.15, -0.1) is 0 Å². The second-order valence-corrected chi connectivity index (χ2v) is 12.0. The van der Waals surface area contributed by atoms with Gasteiger partial charge in [0.05, 0.1) is 25.7 Å². The summed E-state index contributed by atoms with van der Waals surface area (Å²) < 4.78 is 28.2. The van der Waals surface area contributed by atoms with E-state index < -0.39 is 73.9 Å². The molecule has 4 atom stereocenters. The number of amides is 5. The number of rotatable bonds is 19. The molecule has 0 aliphatic rings. The van der Waals surface area contributed by atoms with Crippen LogP contribution in [0.4, 0.5) is 0 Å². The molecule has 0 saturated heterocycles. The molecule has 43 heavy (non-hydrogen) atoms. The molecular formula is C27H45N6O9P. The first-order chi connectivity index (χ1) is 20.0. The van der Waals surface area contributed by atoms with Crippen LogP contribution in [0.2, 0.25) is 0 Å². The summed E-state index contributed by atoms with van der Waals surface area (Å²) in [4.78, 5) is 62.3. The second kappa shape index (κ2) is 17.6. The van der Waals surface area contributed by atoms with Crippen LogP contribution in [0.1, 0.15) is 53.5 Å². The van der Waals surface area contributed by atoms with Crippen molar-refractivity contribution in [3.8, 4) is 5.75 Å². The van der Waals surface area contributed by atoms with Crippen LogP contribution in [0.25, 0.3) is 0 Å². The molecule has 1 aromatic carbocycles. The first kappa shape index (κ1) is 37.5. The third-order valence-corrected chi connectivity index (χ3v) is 7.65. The summed E-state index contributed by atoms with van der Waals surface area (Å²) in [5, 5.41) is 7.45. The van der Waals surface area contributed by atoms with Gasteiger partial charge in [-0.3, -0.25) is 33.0 Å². The average Bonchev–Trinajstić information content (AvgIpc) is 2.89. The summed E-state index contributed by atoms with van der Waals surface area (Å²) in [5.74, 6) is -4.45. The summed E-state index contributed by atoms with van der Waals surface area (Å²) in [5.41, 5.74) is 17.4. The molecule has 1 aromatic rings. The SMILES string of the molecule is CCOP(=O)(OCC)Oc1ccc(C[C@H](N)C(=O)N[C@H](C(=O)N[C@@H](CC(N)=O)C(=O)N[C@H](C(N)=O)C(C)C)C(C)C)cc1. The lowest BCUT2D eigenvalue weighted by molar-refractivity contribution is -0.135. The second-order valence-electron chi connectivity index (χ2n) is 10.4. The van der Waals surface area contributed by atoms with Gasteiger partial charge < -0.3 is 37.7 Å². The molecule has 0 aliphatic carbocycles. The summed E-state index contributed by atoms with van der Waals surface area (Å²) in [7, 11) is -3.77. The number of hydrogen-bond acceptors (Lipinski definition) is 10. The van der Waals surface area contributed by atoms with Crippen LogP contribution in [-0.4, -0.2) is 66.9 Å². The van der Waals surface area contributed by atoms with E-state index in [1.54, 1.807) is 53.7 Å². The number of primary amides is 2. The van der Waals surface area contributed by atoms with Crippen LogP contribution in [0, 0.1) is 11.8 Å². The van der Waals surface area contributed by atoms with Crippen molar-refractivity contribution in [3.05, 3.63) is 29.8 Å². The molecule has 9 N–H and O–H groups in total. The van der Waals surface area contributed by atoms with Crippen LogP contribution in [0.3, 0.4) is 0 Å². The molecule has 0 aromatic heterocycles. The Hall–Kier alpha value is -3.52. The Bertz CT molecular complexity index is 1150. The van der Waals surface area contributed by atoms with Crippen LogP contribution < -0.4 is 37.7 Å². The van der Waals surface area contributed by atoms with E-state index in [1.165, 1.54) is 12.1 Å². The highest BCUT2D eigenvalue weighted by Crippen LogP contribution is 2.49. The minimum absolute atomic E-state index is 0.0868. The van der Waals surface area contributed by atoms with Crippen LogP contribution in [0.15, 0.2) is 24.3 Å². The highest BCUT2D eigenvalue weighted by molar-refractivity contribution is 7.48. The van der Waals surface area contributed by atoms with Gasteiger partial charge in [0.2, 0.25) is 29.5 Å². The van der Waals surface area contributed by atoms with E-state index in [1.807, 2.05) is 0 Å². The van der Waals surface area contributed by atoms with Gasteiger partial charge in [-0.1, -0.05) is 39.8 Å². The normalized spacial score (nSPS) is 14.3. The molecule has 0 bridgehead atoms. The molecule has 242 valence electrons. The maximum absolute atomic E-state index is 13.1. The van der Waals surface area contributed by atoms with Gasteiger partial charge in [0.15, 0.2) is 0 Å². The Labute approximate surface area is 251 Å². The van der Waals surface area contributed by atoms with Crippen molar-refractivity contribution < 1.29 is 42.1 Å². The minimum atomic E-state index is -3.77. The largest absolute Gasteiger partial charge is 0.530 e. The van der Waals surface area contributed by atoms with Crippen molar-refractivity contribution in [3.63, 3.8) is 0 Å². The van der Waals surface area contributed by atoms with Crippen LogP contribution >= 0.6 is 7.82 Å². The molecule has 0 heterocycles. The Kier molecular flexibility index (Phi) is 15.3. The fourth-order valence-corrected chi connectivity index (χ4v) is 5.05. The molecule has 0 radical (unpaired) electrons. The van der Waals surface area contributed by atoms with Gasteiger partial charge >= 0.3 is 7.82 Å². The van der Waals surface area contributed by atoms with Crippen LogP contribution in [-0.2, 0) is 44.0 Å². The molecule has 0 spiro atoms. The van der Waals surface area contributed by atoms with Crippen molar-refractivity contribution in [1.29, 1.82) is 0 Å². The van der Waals surface area contributed by atoms with Crippen molar-refractivity contribution in [2.75, 3.05) is 13.2 Å². The molecule has 0 aliphatic heterocycles. The standard InChI is InChI=1S/C27H45N6O9P/c1-7-40-43(39,41-8-2)42-18-11-9-17(10-12-18)13-19(28)25(36)33-23(16(5)6)27(38)31-20(14-21(29)34)26(37)32-22(15(3)4)24(30)35/h9-12,15-16,19-20,22-23H,7-8,13-14,28H2,1-6H3,(H2,29,34)(H2,30,35)(H,31,38)(H,32,37)(H,33,36)/t19-,20-,22-,23-/m0/s1. The van der Waals surface area contributed by atoms with E-state index in [-0.39, 0.29) is 31.3 Å². The Morgan fingerprint density at radius 3 is 1.74 bits per heavy atom. The van der Waals surface area contributed by atoms with Crippen LogP contribution in [0.5, 0.6) is 5.75 Å². The van der Waals surface area contributed by atoms with Gasteiger partial charge in [0.25, 0.3) is 0 Å². The van der Waals surface area contributed by atoms with E-state index in [0.29, 0.717) is 5.56 Å². The molecule has 15 nitrogen and oxygen atoms in total. The monoisotopic (exact) mass is 628 g/mol. The van der Waals surface area contributed by atoms with Gasteiger partial charge in [0.1, 0.15) is 23.9 Å². The molecular weight excluding hydrogens is 583 g/mol. The Balaban J connectivity index is 2.93. The predicted octanol–water partition coefficient (Wildman–Crippen LogP) is 0.243. The number of phosphoric acid groups is 1. The van der Waals surface area contributed by atoms with E-state index in [9.17, 15) is 28.5 Å². The summed E-state index contributed by atoms with van der Waals surface area (Å²) >= 11 is 0. The van der Waals surface area contributed by atoms with E-state index >= 15 is 0 Å². The summed E-state index contributed by atoms with van der Waals surface area (Å²) in [6, 6.07) is 1.66. The smallest absolute Gasteiger partial charge is 0.404 e. The maximum atomic E-state index is 13.1. The van der Waals surface area contributed by atoms with Gasteiger partial charge in [-0.25, -0.2) is 4.57 Å². The zero-order chi connectivity index (χ0) is 32.9. The van der Waals surface area contributed by atoms with E-state index in [0.717, 1.165) is 0 Å². The zero-order valence-corrected chi connectivity index (χ0v) is 26.3. The van der Waals surface area contributed by atoms with Crippen molar-refractivity contribution >= 4 is 37.4 Å². The fourth-order valence-electron chi connectivity index (χ4n) is 3.86. The highest BCUT2D eigenvalue weighted by Gasteiger charge is 2.33. The summed E-state index contributed by atoms with van der Waals surface area (Å²) in [6.07, 6.45) is -0.465. The average molecular weight is 629 g/mol. The number of carbonyl (C=O) groups is 5. The lowest BCUT2D eigenvalue weighted by Crippen LogP contribution is -2.59. The molecule has 1 rings (SSSR count). The predicted molar refractivity (Wildman–Crippen MR) is 158 cm³/mol. The van der Waals surface area contributed by atoms with E-state index in [4.69, 9.17) is 30.8 Å². The van der Waals surface area contributed by atoms with Crippen molar-refractivity contribution in [2.24, 2.45) is 29.0 Å². The third-order valence-electron chi connectivity index (χ3n) is 6.06. The fraction of sp³-hybridized carbons (Fsp3) is 0.593. The third kappa shape index (κ3) is 12.7. The highest BCUT2D eigenvalue weighted by atomic mass is 31.2. The van der Waals surface area contributed by atoms with Crippen molar-refractivity contribution in [2.45, 2.75) is 78.6 Å². The molecule has 0 fully saturated rings. The van der Waals surface area contributed by atoms with Gasteiger partial charge in [0, 0.05) is 0 Å². The molecule has 0 unspecified atom stereocenters. The maximum Gasteiger partial charge on any atom is 0.530 e. The van der Waals surface area contributed by atoms with Crippen molar-refractivity contribution in [1.82, 2.24) is 16.0 Å². The number of phosphoric ester groups is 1. The lowest BCUT2D eigenvalue weighted by atomic mass is 10.00. The first-order valence-corrected chi connectivity index (χ1v) is 15.4.